The zero-order valence-corrected chi connectivity index (χ0v) is 8.88. The normalized spacial score (nSPS) is 13.4. The van der Waals surface area contributed by atoms with Crippen molar-refractivity contribution in [3.05, 3.63) is 0 Å². The minimum atomic E-state index is -4.37. The van der Waals surface area contributed by atoms with Gasteiger partial charge in [-0.05, 0) is 6.92 Å². The first kappa shape index (κ1) is 15.6. The number of hydrogen-bond donors (Lipinski definition) is 2. The lowest BCUT2D eigenvalue weighted by Crippen LogP contribution is -2.50. The van der Waals surface area contributed by atoms with Gasteiger partial charge in [0.25, 0.3) is 0 Å². The average Bonchev–Trinajstić information content (AvgIpc) is 2.25. The molecule has 1 amide bonds. The maximum absolute atomic E-state index is 12.4. The van der Waals surface area contributed by atoms with Gasteiger partial charge in [0.1, 0.15) is 0 Å². The first-order chi connectivity index (χ1) is 7.72. The van der Waals surface area contributed by atoms with Crippen LogP contribution in [0.2, 0.25) is 0 Å². The zero-order valence-electron chi connectivity index (χ0n) is 8.88. The summed E-state index contributed by atoms with van der Waals surface area (Å²) < 4.78 is 52.6. The summed E-state index contributed by atoms with van der Waals surface area (Å²) in [4.78, 5) is 21.9. The molecule has 0 aliphatic rings. The van der Waals surface area contributed by atoms with Crippen LogP contribution in [-0.2, 0) is 14.3 Å². The standard InChI is InChI=1S/C8H12F4N2O3/c1-2-17-6(16)4(13)5(15)14-3-8(11,12)7(9)10/h4,7H,2-3,13H2,1H3,(H,14,15). The highest BCUT2D eigenvalue weighted by Crippen LogP contribution is 2.21. The molecule has 0 rings (SSSR count). The fraction of sp³-hybridized carbons (Fsp3) is 0.750. The Morgan fingerprint density at radius 1 is 1.41 bits per heavy atom. The number of nitrogens with two attached hydrogens (primary N) is 1. The molecule has 9 heteroatoms. The fourth-order valence-corrected chi connectivity index (χ4v) is 0.731. The molecule has 1 atom stereocenters. The Hall–Kier alpha value is -1.38. The van der Waals surface area contributed by atoms with E-state index in [2.05, 4.69) is 4.74 Å². The van der Waals surface area contributed by atoms with Crippen LogP contribution in [0.25, 0.3) is 0 Å². The van der Waals surface area contributed by atoms with E-state index in [4.69, 9.17) is 5.73 Å². The van der Waals surface area contributed by atoms with Crippen LogP contribution in [0.1, 0.15) is 6.92 Å². The van der Waals surface area contributed by atoms with E-state index in [1.165, 1.54) is 12.2 Å². The molecular weight excluding hydrogens is 248 g/mol. The molecule has 0 aliphatic heterocycles. The third-order valence-corrected chi connectivity index (χ3v) is 1.64. The van der Waals surface area contributed by atoms with E-state index in [0.29, 0.717) is 0 Å². The van der Waals surface area contributed by atoms with Crippen LogP contribution >= 0.6 is 0 Å². The van der Waals surface area contributed by atoms with Crippen LogP contribution in [-0.4, -0.2) is 43.4 Å². The van der Waals surface area contributed by atoms with Crippen molar-refractivity contribution in [2.45, 2.75) is 25.3 Å². The van der Waals surface area contributed by atoms with Crippen LogP contribution in [0.15, 0.2) is 0 Å². The summed E-state index contributed by atoms with van der Waals surface area (Å²) in [6.07, 6.45) is -3.92. The van der Waals surface area contributed by atoms with Crippen molar-refractivity contribution >= 4 is 11.9 Å². The van der Waals surface area contributed by atoms with E-state index < -0.39 is 36.8 Å². The topological polar surface area (TPSA) is 81.4 Å². The van der Waals surface area contributed by atoms with Crippen molar-refractivity contribution in [3.8, 4) is 0 Å². The number of carbonyl (C=O) groups is 2. The number of alkyl halides is 4. The highest BCUT2D eigenvalue weighted by molar-refractivity contribution is 6.01. The largest absolute Gasteiger partial charge is 0.464 e. The number of carbonyl (C=O) groups excluding carboxylic acids is 2. The molecule has 5 nitrogen and oxygen atoms in total. The second kappa shape index (κ2) is 6.38. The van der Waals surface area contributed by atoms with Gasteiger partial charge in [0.05, 0.1) is 13.2 Å². The lowest BCUT2D eigenvalue weighted by atomic mass is 10.2. The predicted molar refractivity (Wildman–Crippen MR) is 48.6 cm³/mol. The van der Waals surface area contributed by atoms with Gasteiger partial charge in [-0.15, -0.1) is 0 Å². The Labute approximate surface area is 94.3 Å². The van der Waals surface area contributed by atoms with Gasteiger partial charge in [0.2, 0.25) is 5.91 Å². The molecule has 0 spiro atoms. The number of hydrogen-bond acceptors (Lipinski definition) is 4. The van der Waals surface area contributed by atoms with Crippen molar-refractivity contribution in [3.63, 3.8) is 0 Å². The van der Waals surface area contributed by atoms with Gasteiger partial charge in [0, 0.05) is 0 Å². The van der Waals surface area contributed by atoms with Crippen LogP contribution in [0, 0.1) is 0 Å². The van der Waals surface area contributed by atoms with Crippen molar-refractivity contribution in [1.82, 2.24) is 5.32 Å². The van der Waals surface area contributed by atoms with Gasteiger partial charge in [-0.3, -0.25) is 4.79 Å². The molecule has 0 fully saturated rings. The molecule has 0 aromatic carbocycles. The Morgan fingerprint density at radius 2 is 1.94 bits per heavy atom. The number of amides is 1. The molecule has 0 bridgehead atoms. The van der Waals surface area contributed by atoms with Gasteiger partial charge >= 0.3 is 18.3 Å². The zero-order chi connectivity index (χ0) is 13.6. The van der Waals surface area contributed by atoms with Gasteiger partial charge in [0.15, 0.2) is 6.04 Å². The van der Waals surface area contributed by atoms with Crippen molar-refractivity contribution < 1.29 is 31.9 Å². The summed E-state index contributed by atoms with van der Waals surface area (Å²) in [7, 11) is 0. The molecule has 0 saturated heterocycles. The first-order valence-corrected chi connectivity index (χ1v) is 4.58. The number of esters is 1. The van der Waals surface area contributed by atoms with Gasteiger partial charge in [-0.2, -0.15) is 8.78 Å². The van der Waals surface area contributed by atoms with Gasteiger partial charge < -0.3 is 15.8 Å². The van der Waals surface area contributed by atoms with Crippen molar-refractivity contribution in [2.24, 2.45) is 5.73 Å². The van der Waals surface area contributed by atoms with Crippen molar-refractivity contribution in [1.29, 1.82) is 0 Å². The van der Waals surface area contributed by atoms with Gasteiger partial charge in [-0.25, -0.2) is 13.6 Å². The molecule has 0 aromatic rings. The molecule has 17 heavy (non-hydrogen) atoms. The summed E-state index contributed by atoms with van der Waals surface area (Å²) in [6, 6.07) is -1.82. The van der Waals surface area contributed by atoms with Crippen LogP contribution < -0.4 is 11.1 Å². The van der Waals surface area contributed by atoms with Crippen LogP contribution in [0.4, 0.5) is 17.6 Å². The van der Waals surface area contributed by atoms with E-state index in [0.717, 1.165) is 0 Å². The minimum Gasteiger partial charge on any atom is -0.464 e. The molecule has 3 N–H and O–H groups in total. The Bertz CT molecular complexity index is 286. The molecule has 1 unspecified atom stereocenters. The van der Waals surface area contributed by atoms with E-state index in [-0.39, 0.29) is 6.61 Å². The maximum Gasteiger partial charge on any atom is 0.332 e. The monoisotopic (exact) mass is 260 g/mol. The molecular formula is C8H12F4N2O3. The molecule has 0 radical (unpaired) electrons. The van der Waals surface area contributed by atoms with E-state index in [1.54, 1.807) is 0 Å². The van der Waals surface area contributed by atoms with E-state index in [1.807, 2.05) is 0 Å². The number of halogens is 4. The molecule has 0 aliphatic carbocycles. The van der Waals surface area contributed by atoms with E-state index >= 15 is 0 Å². The van der Waals surface area contributed by atoms with E-state index in [9.17, 15) is 27.2 Å². The van der Waals surface area contributed by atoms with Crippen LogP contribution in [0.5, 0.6) is 0 Å². The fourth-order valence-electron chi connectivity index (χ4n) is 0.731. The van der Waals surface area contributed by atoms with Gasteiger partial charge in [-0.1, -0.05) is 0 Å². The Balaban J connectivity index is 4.23. The quantitative estimate of drug-likeness (QED) is 0.397. The highest BCUT2D eigenvalue weighted by atomic mass is 19.3. The third-order valence-electron chi connectivity index (χ3n) is 1.64. The number of ether oxygens (including phenoxy) is 1. The Kier molecular flexibility index (Phi) is 5.86. The smallest absolute Gasteiger partial charge is 0.332 e. The molecule has 0 aromatic heterocycles. The second-order valence-corrected chi connectivity index (χ2v) is 3.01. The third kappa shape index (κ3) is 4.98. The summed E-state index contributed by atoms with van der Waals surface area (Å²) in [5.41, 5.74) is 5.03. The average molecular weight is 260 g/mol. The highest BCUT2D eigenvalue weighted by Gasteiger charge is 2.41. The molecule has 100 valence electrons. The molecule has 0 heterocycles. The summed E-state index contributed by atoms with van der Waals surface area (Å²) in [6.45, 7) is -0.197. The Morgan fingerprint density at radius 3 is 2.35 bits per heavy atom. The summed E-state index contributed by atoms with van der Waals surface area (Å²) in [5.74, 6) is -6.79. The number of rotatable bonds is 6. The summed E-state index contributed by atoms with van der Waals surface area (Å²) in [5, 5.41) is 1.45. The second-order valence-electron chi connectivity index (χ2n) is 3.01. The lowest BCUT2D eigenvalue weighted by molar-refractivity contribution is -0.150. The predicted octanol–water partition coefficient (Wildman–Crippen LogP) is -0.107. The maximum atomic E-state index is 12.4. The number of nitrogens with one attached hydrogen (secondary N) is 1. The van der Waals surface area contributed by atoms with Crippen molar-refractivity contribution in [2.75, 3.05) is 13.2 Å². The minimum absolute atomic E-state index is 0.0486. The SMILES string of the molecule is CCOC(=O)C(N)C(=O)NCC(F)(F)C(F)F. The van der Waals surface area contributed by atoms with Crippen LogP contribution in [0.3, 0.4) is 0 Å². The summed E-state index contributed by atoms with van der Waals surface area (Å²) >= 11 is 0. The molecule has 0 saturated carbocycles. The lowest BCUT2D eigenvalue weighted by Gasteiger charge is -2.17. The first-order valence-electron chi connectivity index (χ1n) is 4.58.